The Kier molecular flexibility index (Phi) is 9.48. The second-order valence-corrected chi connectivity index (χ2v) is 6.00. The number of ether oxygens (including phenoxy) is 2. The van der Waals surface area contributed by atoms with Gasteiger partial charge >= 0.3 is 6.36 Å². The van der Waals surface area contributed by atoms with Gasteiger partial charge in [0, 0.05) is 39.4 Å². The van der Waals surface area contributed by atoms with E-state index in [0.29, 0.717) is 30.6 Å². The molecule has 1 fully saturated rings. The molecule has 0 atom stereocenters. The summed E-state index contributed by atoms with van der Waals surface area (Å²) in [5.74, 6) is 1.08. The van der Waals surface area contributed by atoms with Gasteiger partial charge in [-0.15, -0.1) is 37.1 Å². The molecule has 0 bridgehead atoms. The lowest BCUT2D eigenvalue weighted by Gasteiger charge is -2.22. The molecule has 5 nitrogen and oxygen atoms in total. The van der Waals surface area contributed by atoms with Crippen molar-refractivity contribution in [1.82, 2.24) is 10.2 Å². The summed E-state index contributed by atoms with van der Waals surface area (Å²) in [6.07, 6.45) is -2.22. The molecular weight excluding hydrogens is 462 g/mol. The second-order valence-electron chi connectivity index (χ2n) is 6.00. The SMILES string of the molecule is CN=C(NCc1ccccc1OC(F)(F)F)N(C)CCOCC1CC1.I. The van der Waals surface area contributed by atoms with Crippen molar-refractivity contribution in [2.75, 3.05) is 33.9 Å². The fourth-order valence-electron chi connectivity index (χ4n) is 2.28. The van der Waals surface area contributed by atoms with Crippen LogP contribution in [0.25, 0.3) is 0 Å². The molecule has 0 unspecified atom stereocenters. The number of guanidine groups is 1. The summed E-state index contributed by atoms with van der Waals surface area (Å²) >= 11 is 0. The molecule has 2 rings (SSSR count). The Labute approximate surface area is 169 Å². The predicted octanol–water partition coefficient (Wildman–Crippen LogP) is 3.64. The first kappa shape index (κ1) is 22.8. The highest BCUT2D eigenvalue weighted by molar-refractivity contribution is 14.0. The van der Waals surface area contributed by atoms with E-state index in [0.717, 1.165) is 6.61 Å². The number of alkyl halides is 3. The molecule has 0 aromatic heterocycles. The van der Waals surface area contributed by atoms with Gasteiger partial charge in [0.1, 0.15) is 5.75 Å². The van der Waals surface area contributed by atoms with E-state index in [2.05, 4.69) is 15.0 Å². The molecule has 26 heavy (non-hydrogen) atoms. The third kappa shape index (κ3) is 8.43. The zero-order valence-corrected chi connectivity index (χ0v) is 17.2. The van der Waals surface area contributed by atoms with Crippen LogP contribution in [0.15, 0.2) is 29.3 Å². The fraction of sp³-hybridized carbons (Fsp3) is 0.588. The van der Waals surface area contributed by atoms with Crippen molar-refractivity contribution in [3.63, 3.8) is 0 Å². The van der Waals surface area contributed by atoms with Gasteiger partial charge in [-0.1, -0.05) is 18.2 Å². The summed E-state index contributed by atoms with van der Waals surface area (Å²) in [4.78, 5) is 6.02. The van der Waals surface area contributed by atoms with Gasteiger partial charge < -0.3 is 19.7 Å². The quantitative estimate of drug-likeness (QED) is 0.263. The van der Waals surface area contributed by atoms with Crippen LogP contribution in [-0.4, -0.2) is 51.1 Å². The molecule has 0 heterocycles. The van der Waals surface area contributed by atoms with Crippen LogP contribution in [0.2, 0.25) is 0 Å². The Morgan fingerprint density at radius 3 is 2.62 bits per heavy atom. The van der Waals surface area contributed by atoms with Gasteiger partial charge in [-0.25, -0.2) is 0 Å². The number of para-hydroxylation sites is 1. The highest BCUT2D eigenvalue weighted by Crippen LogP contribution is 2.28. The maximum atomic E-state index is 12.5. The molecule has 1 N–H and O–H groups in total. The van der Waals surface area contributed by atoms with E-state index in [1.807, 2.05) is 11.9 Å². The van der Waals surface area contributed by atoms with Crippen molar-refractivity contribution in [2.24, 2.45) is 10.9 Å². The lowest BCUT2D eigenvalue weighted by atomic mass is 10.2. The molecule has 1 aliphatic rings. The first-order valence-corrected chi connectivity index (χ1v) is 8.22. The van der Waals surface area contributed by atoms with Gasteiger partial charge in [0.05, 0.1) is 6.61 Å². The first-order chi connectivity index (χ1) is 11.9. The van der Waals surface area contributed by atoms with E-state index in [1.54, 1.807) is 19.2 Å². The summed E-state index contributed by atoms with van der Waals surface area (Å²) in [5, 5.41) is 3.05. The van der Waals surface area contributed by atoms with Crippen LogP contribution in [-0.2, 0) is 11.3 Å². The Balaban J connectivity index is 0.00000338. The van der Waals surface area contributed by atoms with E-state index in [-0.39, 0.29) is 36.3 Å². The molecule has 9 heteroatoms. The normalized spacial score (nSPS) is 14.6. The molecule has 0 aliphatic heterocycles. The zero-order valence-electron chi connectivity index (χ0n) is 14.9. The highest BCUT2D eigenvalue weighted by atomic mass is 127. The number of nitrogens with zero attached hydrogens (tertiary/aromatic N) is 2. The molecule has 0 amide bonds. The minimum absolute atomic E-state index is 0. The van der Waals surface area contributed by atoms with Crippen molar-refractivity contribution in [3.8, 4) is 5.75 Å². The van der Waals surface area contributed by atoms with Gasteiger partial charge in [-0.2, -0.15) is 0 Å². The minimum atomic E-state index is -4.71. The average molecular weight is 487 g/mol. The smallest absolute Gasteiger partial charge is 0.405 e. The van der Waals surface area contributed by atoms with Crippen LogP contribution >= 0.6 is 24.0 Å². The number of nitrogens with one attached hydrogen (secondary N) is 1. The summed E-state index contributed by atoms with van der Waals surface area (Å²) in [5.41, 5.74) is 0.402. The number of hydrogen-bond donors (Lipinski definition) is 1. The van der Waals surface area contributed by atoms with Crippen molar-refractivity contribution in [2.45, 2.75) is 25.7 Å². The van der Waals surface area contributed by atoms with Crippen LogP contribution in [0, 0.1) is 5.92 Å². The highest BCUT2D eigenvalue weighted by Gasteiger charge is 2.32. The maximum Gasteiger partial charge on any atom is 0.573 e. The molecule has 1 aromatic rings. The Hall–Kier alpha value is -1.23. The first-order valence-electron chi connectivity index (χ1n) is 8.22. The monoisotopic (exact) mass is 487 g/mol. The van der Waals surface area contributed by atoms with Crippen molar-refractivity contribution >= 4 is 29.9 Å². The van der Waals surface area contributed by atoms with Crippen LogP contribution in [0.5, 0.6) is 5.75 Å². The van der Waals surface area contributed by atoms with Crippen LogP contribution < -0.4 is 10.1 Å². The predicted molar refractivity (Wildman–Crippen MR) is 105 cm³/mol. The summed E-state index contributed by atoms with van der Waals surface area (Å²) in [6, 6.07) is 6.05. The van der Waals surface area contributed by atoms with Crippen LogP contribution in [0.1, 0.15) is 18.4 Å². The molecule has 0 radical (unpaired) electrons. The number of rotatable bonds is 8. The molecule has 1 aromatic carbocycles. The van der Waals surface area contributed by atoms with Gasteiger partial charge in [0.15, 0.2) is 5.96 Å². The average Bonchev–Trinajstić information content (AvgIpc) is 3.36. The van der Waals surface area contributed by atoms with Crippen molar-refractivity contribution in [3.05, 3.63) is 29.8 Å². The standard InChI is InChI=1S/C17H24F3N3O2.HI/c1-21-16(23(2)9-10-24-12-13-7-8-13)22-11-14-5-3-4-6-15(14)25-17(18,19)20;/h3-6,13H,7-12H2,1-2H3,(H,21,22);1H. The Morgan fingerprint density at radius 1 is 1.31 bits per heavy atom. The number of aliphatic imine (C=N–C) groups is 1. The fourth-order valence-corrected chi connectivity index (χ4v) is 2.28. The summed E-state index contributed by atoms with van der Waals surface area (Å²) in [6.45, 7) is 2.20. The Bertz CT molecular complexity index is 581. The number of halogens is 4. The van der Waals surface area contributed by atoms with E-state index in [9.17, 15) is 13.2 Å². The Morgan fingerprint density at radius 2 is 2.00 bits per heavy atom. The second kappa shape index (κ2) is 10.8. The van der Waals surface area contributed by atoms with Crippen molar-refractivity contribution < 1.29 is 22.6 Å². The van der Waals surface area contributed by atoms with Gasteiger partial charge in [0.25, 0.3) is 0 Å². The lowest BCUT2D eigenvalue weighted by molar-refractivity contribution is -0.274. The maximum absolute atomic E-state index is 12.5. The number of benzene rings is 1. The molecule has 0 spiro atoms. The van der Waals surface area contributed by atoms with Crippen LogP contribution in [0.4, 0.5) is 13.2 Å². The van der Waals surface area contributed by atoms with Crippen molar-refractivity contribution in [1.29, 1.82) is 0 Å². The van der Waals surface area contributed by atoms with E-state index in [4.69, 9.17) is 4.74 Å². The molecule has 148 valence electrons. The zero-order chi connectivity index (χ0) is 18.3. The summed E-state index contributed by atoms with van der Waals surface area (Å²) in [7, 11) is 3.48. The van der Waals surface area contributed by atoms with E-state index in [1.165, 1.54) is 25.0 Å². The number of hydrogen-bond acceptors (Lipinski definition) is 3. The number of likely N-dealkylation sites (N-methyl/N-ethyl adjacent to an activating group) is 1. The van der Waals surface area contributed by atoms with Gasteiger partial charge in [-0.05, 0) is 24.8 Å². The third-order valence-electron chi connectivity index (χ3n) is 3.83. The van der Waals surface area contributed by atoms with Gasteiger partial charge in [-0.3, -0.25) is 4.99 Å². The molecule has 1 aliphatic carbocycles. The largest absolute Gasteiger partial charge is 0.573 e. The summed E-state index contributed by atoms with van der Waals surface area (Å²) < 4.78 is 47.0. The molecule has 1 saturated carbocycles. The molecular formula is C17H25F3IN3O2. The minimum Gasteiger partial charge on any atom is -0.405 e. The molecule has 0 saturated heterocycles. The van der Waals surface area contributed by atoms with Gasteiger partial charge in [0.2, 0.25) is 0 Å². The van der Waals surface area contributed by atoms with E-state index >= 15 is 0 Å². The lowest BCUT2D eigenvalue weighted by Crippen LogP contribution is -2.40. The third-order valence-corrected chi connectivity index (χ3v) is 3.83. The van der Waals surface area contributed by atoms with Crippen LogP contribution in [0.3, 0.4) is 0 Å². The van der Waals surface area contributed by atoms with E-state index < -0.39 is 6.36 Å². The topological polar surface area (TPSA) is 46.1 Å².